The van der Waals surface area contributed by atoms with E-state index in [1.54, 1.807) is 6.07 Å². The van der Waals surface area contributed by atoms with E-state index in [9.17, 15) is 9.18 Å². The van der Waals surface area contributed by atoms with Crippen LogP contribution in [0.1, 0.15) is 36.0 Å². The third kappa shape index (κ3) is 3.09. The molecule has 0 aliphatic heterocycles. The molecule has 1 aliphatic rings. The lowest BCUT2D eigenvalue weighted by Gasteiger charge is -2.29. The van der Waals surface area contributed by atoms with Gasteiger partial charge in [0.25, 0.3) is 5.91 Å². The monoisotopic (exact) mass is 314 g/mol. The van der Waals surface area contributed by atoms with Gasteiger partial charge in [-0.3, -0.25) is 4.79 Å². The molecule has 1 amide bonds. The molecule has 0 spiro atoms. The molecule has 0 heterocycles. The largest absolute Gasteiger partial charge is 0.348 e. The summed E-state index contributed by atoms with van der Waals surface area (Å²) in [6.07, 6.45) is 3.93. The van der Waals surface area contributed by atoms with E-state index in [0.29, 0.717) is 4.47 Å². The van der Waals surface area contributed by atoms with Gasteiger partial charge >= 0.3 is 0 Å². The molecule has 0 radical (unpaired) electrons. The van der Waals surface area contributed by atoms with E-state index in [-0.39, 0.29) is 23.6 Å². The molecule has 5 heteroatoms. The molecular weight excluding hydrogens is 299 g/mol. The van der Waals surface area contributed by atoms with Gasteiger partial charge in [0.1, 0.15) is 5.82 Å². The molecule has 0 bridgehead atoms. The lowest BCUT2D eigenvalue weighted by atomic mass is 9.91. The maximum absolute atomic E-state index is 13.6. The molecule has 1 fully saturated rings. The van der Waals surface area contributed by atoms with Crippen molar-refractivity contribution in [2.24, 2.45) is 5.73 Å². The zero-order chi connectivity index (χ0) is 13.1. The quantitative estimate of drug-likeness (QED) is 0.881. The Morgan fingerprint density at radius 1 is 1.39 bits per heavy atom. The Morgan fingerprint density at radius 3 is 2.78 bits per heavy atom. The molecule has 0 aromatic heterocycles. The number of carbonyl (C=O) groups excluding carboxylic acids is 1. The average molecular weight is 315 g/mol. The SMILES string of the molecule is NC1CCCCC1NC(=O)c1ccc(Br)cc1F. The molecule has 18 heavy (non-hydrogen) atoms. The number of nitrogens with two attached hydrogens (primary N) is 1. The van der Waals surface area contributed by atoms with Crippen LogP contribution in [0.4, 0.5) is 4.39 Å². The first kappa shape index (κ1) is 13.5. The topological polar surface area (TPSA) is 55.1 Å². The van der Waals surface area contributed by atoms with Gasteiger partial charge in [0.05, 0.1) is 5.56 Å². The normalized spacial score (nSPS) is 23.7. The van der Waals surface area contributed by atoms with E-state index >= 15 is 0 Å². The zero-order valence-electron chi connectivity index (χ0n) is 9.96. The van der Waals surface area contributed by atoms with E-state index in [1.807, 2.05) is 0 Å². The van der Waals surface area contributed by atoms with Crippen molar-refractivity contribution < 1.29 is 9.18 Å². The van der Waals surface area contributed by atoms with Crippen LogP contribution in [0.25, 0.3) is 0 Å². The number of hydrogen-bond donors (Lipinski definition) is 2. The fraction of sp³-hybridized carbons (Fsp3) is 0.462. The van der Waals surface area contributed by atoms with Crippen molar-refractivity contribution in [2.75, 3.05) is 0 Å². The lowest BCUT2D eigenvalue weighted by Crippen LogP contribution is -2.49. The minimum atomic E-state index is -0.522. The van der Waals surface area contributed by atoms with Crippen LogP contribution in [0.15, 0.2) is 22.7 Å². The van der Waals surface area contributed by atoms with Crippen LogP contribution in [0.5, 0.6) is 0 Å². The molecule has 1 aromatic rings. The summed E-state index contributed by atoms with van der Waals surface area (Å²) >= 11 is 3.16. The first-order valence-corrected chi connectivity index (χ1v) is 6.88. The Kier molecular flexibility index (Phi) is 4.35. The Hall–Kier alpha value is -0.940. The second kappa shape index (κ2) is 5.80. The van der Waals surface area contributed by atoms with Gasteiger partial charge in [-0.15, -0.1) is 0 Å². The standard InChI is InChI=1S/C13H16BrFN2O/c14-8-5-6-9(10(15)7-8)13(18)17-12-4-2-1-3-11(12)16/h5-7,11-12H,1-4,16H2,(H,17,18). The first-order valence-electron chi connectivity index (χ1n) is 6.09. The molecule has 3 N–H and O–H groups in total. The highest BCUT2D eigenvalue weighted by Crippen LogP contribution is 2.19. The van der Waals surface area contributed by atoms with Crippen molar-refractivity contribution in [2.45, 2.75) is 37.8 Å². The Bertz CT molecular complexity index is 453. The van der Waals surface area contributed by atoms with Gasteiger partial charge in [-0.25, -0.2) is 4.39 Å². The second-order valence-electron chi connectivity index (χ2n) is 4.65. The summed E-state index contributed by atoms with van der Waals surface area (Å²) in [7, 11) is 0. The van der Waals surface area contributed by atoms with Gasteiger partial charge in [0.2, 0.25) is 0 Å². The minimum absolute atomic E-state index is 0.0267. The maximum Gasteiger partial charge on any atom is 0.254 e. The number of amides is 1. The summed E-state index contributed by atoms with van der Waals surface area (Å²) in [6, 6.07) is 4.34. The Labute approximate surface area is 114 Å². The molecule has 1 aliphatic carbocycles. The van der Waals surface area contributed by atoms with E-state index in [4.69, 9.17) is 5.73 Å². The smallest absolute Gasteiger partial charge is 0.254 e. The molecule has 98 valence electrons. The average Bonchev–Trinajstić information content (AvgIpc) is 2.32. The van der Waals surface area contributed by atoms with Crippen LogP contribution in [-0.4, -0.2) is 18.0 Å². The first-order chi connectivity index (χ1) is 8.58. The molecule has 2 rings (SSSR count). The maximum atomic E-state index is 13.6. The van der Waals surface area contributed by atoms with Gasteiger partial charge in [0, 0.05) is 16.6 Å². The molecule has 1 saturated carbocycles. The van der Waals surface area contributed by atoms with Gasteiger partial charge in [-0.05, 0) is 31.0 Å². The highest BCUT2D eigenvalue weighted by molar-refractivity contribution is 9.10. The van der Waals surface area contributed by atoms with E-state index in [0.717, 1.165) is 25.7 Å². The number of rotatable bonds is 2. The lowest BCUT2D eigenvalue weighted by molar-refractivity contribution is 0.0917. The fourth-order valence-corrected chi connectivity index (χ4v) is 2.59. The van der Waals surface area contributed by atoms with Gasteiger partial charge in [-0.2, -0.15) is 0 Å². The van der Waals surface area contributed by atoms with Crippen molar-refractivity contribution in [1.82, 2.24) is 5.32 Å². The highest BCUT2D eigenvalue weighted by Gasteiger charge is 2.24. The van der Waals surface area contributed by atoms with E-state index in [2.05, 4.69) is 21.2 Å². The summed E-state index contributed by atoms with van der Waals surface area (Å²) in [5.74, 6) is -0.909. The predicted octanol–water partition coefficient (Wildman–Crippen LogP) is 2.59. The molecule has 3 nitrogen and oxygen atoms in total. The number of hydrogen-bond acceptors (Lipinski definition) is 2. The summed E-state index contributed by atoms with van der Waals surface area (Å²) < 4.78 is 14.2. The molecular formula is C13H16BrFN2O. The summed E-state index contributed by atoms with van der Waals surface area (Å²) in [6.45, 7) is 0. The Morgan fingerprint density at radius 2 is 2.11 bits per heavy atom. The summed E-state index contributed by atoms with van der Waals surface area (Å²) in [5, 5.41) is 2.83. The number of halogens is 2. The second-order valence-corrected chi connectivity index (χ2v) is 5.57. The number of nitrogens with one attached hydrogen (secondary N) is 1. The molecule has 2 unspecified atom stereocenters. The highest BCUT2D eigenvalue weighted by atomic mass is 79.9. The molecule has 0 saturated heterocycles. The third-order valence-corrected chi connectivity index (χ3v) is 3.80. The van der Waals surface area contributed by atoms with Crippen molar-refractivity contribution in [1.29, 1.82) is 0 Å². The van der Waals surface area contributed by atoms with Crippen molar-refractivity contribution in [3.63, 3.8) is 0 Å². The predicted molar refractivity (Wildman–Crippen MR) is 71.8 cm³/mol. The summed E-state index contributed by atoms with van der Waals surface area (Å²) in [5.41, 5.74) is 6.02. The van der Waals surface area contributed by atoms with E-state index in [1.165, 1.54) is 12.1 Å². The van der Waals surface area contributed by atoms with Crippen molar-refractivity contribution in [3.8, 4) is 0 Å². The van der Waals surface area contributed by atoms with Crippen molar-refractivity contribution in [3.05, 3.63) is 34.1 Å². The molecule has 1 aromatic carbocycles. The summed E-state index contributed by atoms with van der Waals surface area (Å²) in [4.78, 5) is 12.0. The fourth-order valence-electron chi connectivity index (χ4n) is 2.26. The third-order valence-electron chi connectivity index (χ3n) is 3.31. The molecule has 2 atom stereocenters. The van der Waals surface area contributed by atoms with Gasteiger partial charge in [-0.1, -0.05) is 28.8 Å². The van der Waals surface area contributed by atoms with Crippen LogP contribution >= 0.6 is 15.9 Å². The van der Waals surface area contributed by atoms with Crippen LogP contribution in [-0.2, 0) is 0 Å². The van der Waals surface area contributed by atoms with Crippen LogP contribution in [0.3, 0.4) is 0 Å². The van der Waals surface area contributed by atoms with Crippen molar-refractivity contribution >= 4 is 21.8 Å². The van der Waals surface area contributed by atoms with Crippen LogP contribution in [0, 0.1) is 5.82 Å². The minimum Gasteiger partial charge on any atom is -0.348 e. The van der Waals surface area contributed by atoms with Gasteiger partial charge in [0.15, 0.2) is 0 Å². The number of benzene rings is 1. The van der Waals surface area contributed by atoms with Crippen LogP contribution < -0.4 is 11.1 Å². The Balaban J connectivity index is 2.07. The van der Waals surface area contributed by atoms with Crippen LogP contribution in [0.2, 0.25) is 0 Å². The van der Waals surface area contributed by atoms with E-state index < -0.39 is 5.82 Å². The number of carbonyl (C=O) groups is 1. The zero-order valence-corrected chi connectivity index (χ0v) is 11.5. The van der Waals surface area contributed by atoms with Gasteiger partial charge < -0.3 is 11.1 Å².